The van der Waals surface area contributed by atoms with Gasteiger partial charge in [-0.15, -0.1) is 0 Å². The van der Waals surface area contributed by atoms with Crippen molar-refractivity contribution < 1.29 is 9.18 Å². The number of H-pyrrole nitrogens is 1. The number of aromatic nitrogens is 1. The van der Waals surface area contributed by atoms with Gasteiger partial charge in [0.2, 0.25) is 5.91 Å². The van der Waals surface area contributed by atoms with Crippen molar-refractivity contribution in [3.63, 3.8) is 0 Å². The van der Waals surface area contributed by atoms with Gasteiger partial charge in [-0.05, 0) is 48.6 Å². The van der Waals surface area contributed by atoms with Crippen LogP contribution in [0.2, 0.25) is 0 Å². The molecule has 3 rings (SSSR count). The third-order valence-corrected chi connectivity index (χ3v) is 4.46. The molecular weight excluding hydrogens is 331 g/mol. The number of pyridine rings is 1. The molecule has 0 spiro atoms. The fourth-order valence-electron chi connectivity index (χ4n) is 2.95. The maximum Gasteiger partial charge on any atom is 0.253 e. The molecule has 0 fully saturated rings. The van der Waals surface area contributed by atoms with E-state index in [2.05, 4.69) is 10.3 Å². The fourth-order valence-corrected chi connectivity index (χ4v) is 2.95. The Kier molecular flexibility index (Phi) is 5.16. The zero-order chi connectivity index (χ0) is 18.7. The van der Waals surface area contributed by atoms with Crippen molar-refractivity contribution in [3.05, 3.63) is 81.4 Å². The van der Waals surface area contributed by atoms with Gasteiger partial charge in [-0.1, -0.05) is 36.8 Å². The lowest BCUT2D eigenvalue weighted by Crippen LogP contribution is -2.32. The number of nitrogens with one attached hydrogen (secondary N) is 2. The van der Waals surface area contributed by atoms with E-state index in [0.717, 1.165) is 16.5 Å². The molecule has 0 aliphatic carbocycles. The minimum Gasteiger partial charge on any atom is -0.352 e. The number of hydrogen-bond acceptors (Lipinski definition) is 2. The molecular formula is C21H21FN2O2. The van der Waals surface area contributed by atoms with E-state index in [-0.39, 0.29) is 23.8 Å². The van der Waals surface area contributed by atoms with E-state index in [4.69, 9.17) is 0 Å². The van der Waals surface area contributed by atoms with Gasteiger partial charge >= 0.3 is 0 Å². The van der Waals surface area contributed by atoms with E-state index >= 15 is 0 Å². The van der Waals surface area contributed by atoms with E-state index in [0.29, 0.717) is 17.5 Å². The number of rotatable bonds is 5. The number of hydrogen-bond donors (Lipinski definition) is 2. The normalized spacial score (nSPS) is 12.1. The summed E-state index contributed by atoms with van der Waals surface area (Å²) in [5, 5.41) is 3.70. The van der Waals surface area contributed by atoms with Crippen molar-refractivity contribution in [2.24, 2.45) is 5.92 Å². The van der Waals surface area contributed by atoms with Gasteiger partial charge in [-0.3, -0.25) is 9.59 Å². The predicted octanol–water partition coefficient (Wildman–Crippen LogP) is 3.47. The summed E-state index contributed by atoms with van der Waals surface area (Å²) in [6, 6.07) is 14.0. The monoisotopic (exact) mass is 352 g/mol. The Labute approximate surface area is 151 Å². The molecule has 0 bridgehead atoms. The van der Waals surface area contributed by atoms with Crippen LogP contribution >= 0.6 is 0 Å². The van der Waals surface area contributed by atoms with Gasteiger partial charge in [0.05, 0.1) is 0 Å². The summed E-state index contributed by atoms with van der Waals surface area (Å²) < 4.78 is 13.7. The predicted molar refractivity (Wildman–Crippen MR) is 100 cm³/mol. The highest BCUT2D eigenvalue weighted by atomic mass is 19.1. The molecule has 2 N–H and O–H groups in total. The Morgan fingerprint density at radius 2 is 1.92 bits per heavy atom. The molecule has 0 saturated heterocycles. The van der Waals surface area contributed by atoms with E-state index in [1.807, 2.05) is 25.1 Å². The molecule has 0 aliphatic heterocycles. The van der Waals surface area contributed by atoms with Gasteiger partial charge in [0.15, 0.2) is 0 Å². The van der Waals surface area contributed by atoms with Crippen molar-refractivity contribution in [3.8, 4) is 0 Å². The van der Waals surface area contributed by atoms with Crippen LogP contribution in [0.4, 0.5) is 4.39 Å². The summed E-state index contributed by atoms with van der Waals surface area (Å²) in [7, 11) is 0. The molecule has 2 aromatic carbocycles. The van der Waals surface area contributed by atoms with E-state index in [9.17, 15) is 14.0 Å². The number of aromatic amines is 1. The molecule has 26 heavy (non-hydrogen) atoms. The van der Waals surface area contributed by atoms with Crippen LogP contribution < -0.4 is 10.9 Å². The first-order valence-electron chi connectivity index (χ1n) is 8.57. The van der Waals surface area contributed by atoms with E-state index in [1.165, 1.54) is 6.07 Å². The highest BCUT2D eigenvalue weighted by Gasteiger charge is 2.16. The Morgan fingerprint density at radius 3 is 2.69 bits per heavy atom. The number of amides is 1. The largest absolute Gasteiger partial charge is 0.352 e. The molecule has 1 unspecified atom stereocenters. The van der Waals surface area contributed by atoms with Gasteiger partial charge in [-0.2, -0.15) is 0 Å². The second-order valence-corrected chi connectivity index (χ2v) is 6.63. The smallest absolute Gasteiger partial charge is 0.253 e. The Balaban J connectivity index is 1.69. The van der Waals surface area contributed by atoms with Crippen molar-refractivity contribution in [1.29, 1.82) is 0 Å². The van der Waals surface area contributed by atoms with Gasteiger partial charge < -0.3 is 10.3 Å². The quantitative estimate of drug-likeness (QED) is 0.739. The summed E-state index contributed by atoms with van der Waals surface area (Å²) in [6.45, 7) is 3.87. The highest BCUT2D eigenvalue weighted by molar-refractivity contribution is 5.80. The first kappa shape index (κ1) is 17.9. The van der Waals surface area contributed by atoms with Crippen LogP contribution in [0.15, 0.2) is 53.3 Å². The van der Waals surface area contributed by atoms with Crippen LogP contribution in [0.5, 0.6) is 0 Å². The van der Waals surface area contributed by atoms with Gasteiger partial charge in [0.25, 0.3) is 5.56 Å². The second kappa shape index (κ2) is 7.52. The highest BCUT2D eigenvalue weighted by Crippen LogP contribution is 2.14. The third kappa shape index (κ3) is 3.99. The summed E-state index contributed by atoms with van der Waals surface area (Å²) in [5.74, 6) is -0.917. The lowest BCUT2D eigenvalue weighted by atomic mass is 10.00. The van der Waals surface area contributed by atoms with Crippen molar-refractivity contribution in [2.75, 3.05) is 0 Å². The molecule has 1 aromatic heterocycles. The van der Waals surface area contributed by atoms with Gasteiger partial charge in [0.1, 0.15) is 5.82 Å². The molecule has 1 heterocycles. The van der Waals surface area contributed by atoms with Crippen molar-refractivity contribution >= 4 is 16.8 Å². The minimum atomic E-state index is -0.395. The molecule has 0 saturated carbocycles. The van der Waals surface area contributed by atoms with Crippen LogP contribution in [-0.2, 0) is 17.8 Å². The first-order valence-corrected chi connectivity index (χ1v) is 8.57. The Morgan fingerprint density at radius 1 is 1.15 bits per heavy atom. The zero-order valence-corrected chi connectivity index (χ0v) is 14.8. The third-order valence-electron chi connectivity index (χ3n) is 4.46. The van der Waals surface area contributed by atoms with Crippen molar-refractivity contribution in [1.82, 2.24) is 10.3 Å². The topological polar surface area (TPSA) is 62.0 Å². The molecule has 0 aliphatic rings. The standard InChI is InChI=1S/C21H21FN2O2/c1-13-7-8-19-16(9-13)11-17(21(26)24-19)12-23-20(25)14(2)10-15-5-3-4-6-18(15)22/h3-9,11,14H,10,12H2,1-2H3,(H,23,25)(H,24,26). The van der Waals surface area contributed by atoms with Crippen molar-refractivity contribution in [2.45, 2.75) is 26.8 Å². The van der Waals surface area contributed by atoms with E-state index in [1.54, 1.807) is 31.2 Å². The molecule has 1 atom stereocenters. The number of carbonyl (C=O) groups is 1. The summed E-state index contributed by atoms with van der Waals surface area (Å²) in [6.07, 6.45) is 0.311. The number of aryl methyl sites for hydroxylation is 1. The van der Waals surface area contributed by atoms with Gasteiger partial charge in [-0.25, -0.2) is 4.39 Å². The molecule has 5 heteroatoms. The van der Waals surface area contributed by atoms with E-state index < -0.39 is 5.92 Å². The molecule has 134 valence electrons. The fraction of sp³-hybridized carbons (Fsp3) is 0.238. The summed E-state index contributed by atoms with van der Waals surface area (Å²) in [4.78, 5) is 27.3. The van der Waals surface area contributed by atoms with Crippen LogP contribution in [0, 0.1) is 18.7 Å². The lowest BCUT2D eigenvalue weighted by molar-refractivity contribution is -0.124. The molecule has 0 radical (unpaired) electrons. The van der Waals surface area contributed by atoms with Crippen LogP contribution in [-0.4, -0.2) is 10.9 Å². The molecule has 1 amide bonds. The zero-order valence-electron chi connectivity index (χ0n) is 14.8. The van der Waals surface area contributed by atoms with Crippen LogP contribution in [0.3, 0.4) is 0 Å². The first-order chi connectivity index (χ1) is 12.4. The summed E-state index contributed by atoms with van der Waals surface area (Å²) >= 11 is 0. The number of carbonyl (C=O) groups excluding carboxylic acids is 1. The van der Waals surface area contributed by atoms with Crippen LogP contribution in [0.1, 0.15) is 23.6 Å². The molecule has 4 nitrogen and oxygen atoms in total. The average molecular weight is 352 g/mol. The second-order valence-electron chi connectivity index (χ2n) is 6.63. The van der Waals surface area contributed by atoms with Gasteiger partial charge in [0, 0.05) is 23.5 Å². The van der Waals surface area contributed by atoms with Crippen LogP contribution in [0.25, 0.3) is 10.9 Å². The maximum absolute atomic E-state index is 13.7. The lowest BCUT2D eigenvalue weighted by Gasteiger charge is -2.13. The summed E-state index contributed by atoms with van der Waals surface area (Å²) in [5.41, 5.74) is 2.65. The SMILES string of the molecule is Cc1ccc2[nH]c(=O)c(CNC(=O)C(C)Cc3ccccc3F)cc2c1. The Hall–Kier alpha value is -2.95. The number of halogens is 1. The Bertz CT molecular complexity index is 1010. The maximum atomic E-state index is 13.7. The number of fused-ring (bicyclic) bond motifs is 1. The average Bonchev–Trinajstić information content (AvgIpc) is 2.62. The number of benzene rings is 2. The molecule has 3 aromatic rings. The minimum absolute atomic E-state index is 0.139.